The van der Waals surface area contributed by atoms with Gasteiger partial charge in [-0.15, -0.1) is 0 Å². The molecule has 0 unspecified atom stereocenters. The zero-order chi connectivity index (χ0) is 16.3. The van der Waals surface area contributed by atoms with E-state index in [0.717, 1.165) is 11.8 Å². The van der Waals surface area contributed by atoms with E-state index < -0.39 is 5.97 Å². The number of aliphatic carboxylic acids is 1. The minimum Gasteiger partial charge on any atom is -0.504 e. The van der Waals surface area contributed by atoms with Gasteiger partial charge in [-0.1, -0.05) is 30.0 Å². The number of aromatic hydroxyl groups is 2. The maximum Gasteiger partial charge on any atom is 0.303 e. The Bertz CT molecular complexity index is 671. The van der Waals surface area contributed by atoms with Crippen molar-refractivity contribution in [3.63, 3.8) is 0 Å². The molecule has 0 radical (unpaired) electrons. The molecule has 1 aliphatic heterocycles. The number of rotatable bonds is 5. The highest BCUT2D eigenvalue weighted by Gasteiger charge is 2.31. The summed E-state index contributed by atoms with van der Waals surface area (Å²) in [6, 6.07) is 4.23. The molecule has 0 spiro atoms. The summed E-state index contributed by atoms with van der Waals surface area (Å²) < 4.78 is 0.379. The summed E-state index contributed by atoms with van der Waals surface area (Å²) in [6.07, 6.45) is 1.87. The van der Waals surface area contributed by atoms with Crippen molar-refractivity contribution in [3.05, 3.63) is 28.7 Å². The van der Waals surface area contributed by atoms with Crippen molar-refractivity contribution in [2.75, 3.05) is 6.54 Å². The van der Waals surface area contributed by atoms with E-state index in [1.165, 1.54) is 17.0 Å². The van der Waals surface area contributed by atoms with Crippen LogP contribution in [0.25, 0.3) is 6.08 Å². The van der Waals surface area contributed by atoms with E-state index in [2.05, 4.69) is 0 Å². The minimum absolute atomic E-state index is 0.0259. The van der Waals surface area contributed by atoms with Crippen LogP contribution in [0, 0.1) is 0 Å². The van der Waals surface area contributed by atoms with Crippen LogP contribution in [-0.4, -0.2) is 43.0 Å². The van der Waals surface area contributed by atoms with Crippen molar-refractivity contribution < 1.29 is 24.9 Å². The molecule has 3 N–H and O–H groups in total. The number of carbonyl (C=O) groups is 2. The molecule has 2 rings (SSSR count). The summed E-state index contributed by atoms with van der Waals surface area (Å²) in [5.41, 5.74) is 0.557. The fourth-order valence-corrected chi connectivity index (χ4v) is 3.17. The van der Waals surface area contributed by atoms with Crippen LogP contribution in [-0.2, 0) is 9.59 Å². The molecule has 1 amide bonds. The Morgan fingerprint density at radius 3 is 2.68 bits per heavy atom. The molecule has 1 aromatic rings. The highest BCUT2D eigenvalue weighted by molar-refractivity contribution is 8.26. The average Bonchev–Trinajstić information content (AvgIpc) is 2.70. The lowest BCUT2D eigenvalue weighted by molar-refractivity contribution is -0.137. The Labute approximate surface area is 136 Å². The number of phenolic OH excluding ortho intramolecular Hbond substituents is 2. The summed E-state index contributed by atoms with van der Waals surface area (Å²) in [5.74, 6) is -1.71. The first-order chi connectivity index (χ1) is 10.4. The Hall–Kier alpha value is -2.06. The largest absolute Gasteiger partial charge is 0.504 e. The molecule has 0 saturated carbocycles. The molecule has 22 heavy (non-hydrogen) atoms. The smallest absolute Gasteiger partial charge is 0.303 e. The van der Waals surface area contributed by atoms with Gasteiger partial charge < -0.3 is 15.3 Å². The van der Waals surface area contributed by atoms with Gasteiger partial charge in [0.1, 0.15) is 4.32 Å². The number of hydrogen-bond donors (Lipinski definition) is 3. The topological polar surface area (TPSA) is 98.1 Å². The Kier molecular flexibility index (Phi) is 5.04. The third-order valence-corrected chi connectivity index (χ3v) is 4.32. The van der Waals surface area contributed by atoms with Crippen molar-refractivity contribution in [2.45, 2.75) is 12.8 Å². The molecule has 1 aliphatic rings. The van der Waals surface area contributed by atoms with Gasteiger partial charge in [0, 0.05) is 13.0 Å². The second-order valence-electron chi connectivity index (χ2n) is 4.58. The number of amides is 1. The number of thiocarbonyl (C=S) groups is 1. The Balaban J connectivity index is 2.11. The van der Waals surface area contributed by atoms with E-state index in [1.807, 2.05) is 0 Å². The fraction of sp³-hybridized carbons (Fsp3) is 0.214. The maximum atomic E-state index is 12.2. The van der Waals surface area contributed by atoms with Crippen molar-refractivity contribution >= 4 is 46.3 Å². The number of benzene rings is 1. The van der Waals surface area contributed by atoms with Crippen LogP contribution < -0.4 is 0 Å². The monoisotopic (exact) mass is 339 g/mol. The molecule has 8 heteroatoms. The molecular weight excluding hydrogens is 326 g/mol. The molecule has 0 bridgehead atoms. The standard InChI is InChI=1S/C14H13NO5S2/c16-9-4-3-8(6-10(9)17)7-11-13(20)15(14(21)22-11)5-1-2-12(18)19/h3-4,6-7,16-17H,1-2,5H2,(H,18,19)/b11-7-. The molecule has 6 nitrogen and oxygen atoms in total. The van der Waals surface area contributed by atoms with Gasteiger partial charge >= 0.3 is 5.97 Å². The molecule has 1 heterocycles. The first-order valence-corrected chi connectivity index (χ1v) is 7.60. The summed E-state index contributed by atoms with van der Waals surface area (Å²) >= 11 is 6.25. The summed E-state index contributed by atoms with van der Waals surface area (Å²) in [6.45, 7) is 0.259. The second-order valence-corrected chi connectivity index (χ2v) is 6.25. The number of hydrogen-bond acceptors (Lipinski definition) is 6. The zero-order valence-electron chi connectivity index (χ0n) is 11.4. The number of phenols is 2. The third-order valence-electron chi connectivity index (χ3n) is 2.94. The molecule has 0 aliphatic carbocycles. The van der Waals surface area contributed by atoms with E-state index >= 15 is 0 Å². The number of carboxylic acids is 1. The number of thioether (sulfide) groups is 1. The second kappa shape index (κ2) is 6.80. The van der Waals surface area contributed by atoms with Crippen molar-refractivity contribution in [2.24, 2.45) is 0 Å². The van der Waals surface area contributed by atoms with Gasteiger partial charge in [0.2, 0.25) is 0 Å². The van der Waals surface area contributed by atoms with Crippen LogP contribution in [0.2, 0.25) is 0 Å². The quantitative estimate of drug-likeness (QED) is 0.429. The van der Waals surface area contributed by atoms with Gasteiger partial charge in [-0.3, -0.25) is 14.5 Å². The predicted octanol–water partition coefficient (Wildman–Crippen LogP) is 2.16. The highest BCUT2D eigenvalue weighted by atomic mass is 32.2. The van der Waals surface area contributed by atoms with E-state index in [-0.39, 0.29) is 30.4 Å². The van der Waals surface area contributed by atoms with Gasteiger partial charge in [0.25, 0.3) is 5.91 Å². The van der Waals surface area contributed by atoms with Gasteiger partial charge in [0.15, 0.2) is 11.5 Å². The van der Waals surface area contributed by atoms with Crippen LogP contribution in [0.4, 0.5) is 0 Å². The van der Waals surface area contributed by atoms with E-state index in [1.54, 1.807) is 12.1 Å². The van der Waals surface area contributed by atoms with Gasteiger partial charge in [-0.25, -0.2) is 0 Å². The van der Waals surface area contributed by atoms with Crippen molar-refractivity contribution in [1.82, 2.24) is 4.90 Å². The van der Waals surface area contributed by atoms with Gasteiger partial charge in [-0.05, 0) is 30.2 Å². The average molecular weight is 339 g/mol. The lowest BCUT2D eigenvalue weighted by Crippen LogP contribution is -2.29. The molecule has 1 fully saturated rings. The van der Waals surface area contributed by atoms with Crippen molar-refractivity contribution in [1.29, 1.82) is 0 Å². The molecule has 116 valence electrons. The highest BCUT2D eigenvalue weighted by Crippen LogP contribution is 2.34. The number of nitrogens with zero attached hydrogens (tertiary/aromatic N) is 1. The molecule has 0 atom stereocenters. The Morgan fingerprint density at radius 2 is 2.05 bits per heavy atom. The number of carbonyl (C=O) groups excluding carboxylic acids is 1. The van der Waals surface area contributed by atoms with Crippen LogP contribution in [0.5, 0.6) is 11.5 Å². The minimum atomic E-state index is -0.916. The molecule has 0 aromatic heterocycles. The normalized spacial score (nSPS) is 16.5. The lowest BCUT2D eigenvalue weighted by Gasteiger charge is -2.13. The van der Waals surface area contributed by atoms with Crippen LogP contribution in [0.1, 0.15) is 18.4 Å². The molecule has 1 aromatic carbocycles. The Morgan fingerprint density at radius 1 is 1.32 bits per heavy atom. The third kappa shape index (κ3) is 3.77. The summed E-state index contributed by atoms with van der Waals surface area (Å²) in [5, 5.41) is 27.3. The fourth-order valence-electron chi connectivity index (χ4n) is 1.86. The lowest BCUT2D eigenvalue weighted by atomic mass is 10.2. The number of carboxylic acid groups (broad SMARTS) is 1. The van der Waals surface area contributed by atoms with Crippen LogP contribution in [0.15, 0.2) is 23.1 Å². The van der Waals surface area contributed by atoms with E-state index in [4.69, 9.17) is 17.3 Å². The van der Waals surface area contributed by atoms with Crippen LogP contribution >= 0.6 is 24.0 Å². The SMILES string of the molecule is O=C(O)CCCN1C(=O)/C(=C/c2ccc(O)c(O)c2)SC1=S. The van der Waals surface area contributed by atoms with E-state index in [9.17, 15) is 19.8 Å². The van der Waals surface area contributed by atoms with E-state index in [0.29, 0.717) is 21.2 Å². The van der Waals surface area contributed by atoms with Gasteiger partial charge in [0.05, 0.1) is 4.91 Å². The molecule has 1 saturated heterocycles. The zero-order valence-corrected chi connectivity index (χ0v) is 13.0. The summed E-state index contributed by atoms with van der Waals surface area (Å²) in [4.78, 5) is 24.5. The summed E-state index contributed by atoms with van der Waals surface area (Å²) in [7, 11) is 0. The van der Waals surface area contributed by atoms with Crippen LogP contribution in [0.3, 0.4) is 0 Å². The van der Waals surface area contributed by atoms with Gasteiger partial charge in [-0.2, -0.15) is 0 Å². The first kappa shape index (κ1) is 16.3. The predicted molar refractivity (Wildman–Crippen MR) is 86.5 cm³/mol. The first-order valence-electron chi connectivity index (χ1n) is 6.37. The maximum absolute atomic E-state index is 12.2. The molecular formula is C14H13NO5S2. The van der Waals surface area contributed by atoms with Crippen molar-refractivity contribution in [3.8, 4) is 11.5 Å².